The molecule has 2 aromatic heterocycles. The van der Waals surface area contributed by atoms with Crippen LogP contribution in [0, 0.1) is 6.92 Å². The van der Waals surface area contributed by atoms with Gasteiger partial charge in [-0.15, -0.1) is 15.3 Å². The van der Waals surface area contributed by atoms with E-state index in [9.17, 15) is 9.59 Å². The fourth-order valence-electron chi connectivity index (χ4n) is 1.71. The Morgan fingerprint density at radius 2 is 2.09 bits per heavy atom. The summed E-state index contributed by atoms with van der Waals surface area (Å²) in [7, 11) is 0. The lowest BCUT2D eigenvalue weighted by Gasteiger charge is -2.01. The molecule has 2 heterocycles. The number of carbonyl (C=O) groups is 1. The number of fused-ring (bicyclic) bond motifs is 1. The smallest absolute Gasteiger partial charge is 0.293 e. The molecule has 0 aliphatic heterocycles. The number of hydrogen-bond donors (Lipinski definition) is 0. The predicted octanol–water partition coefficient (Wildman–Crippen LogP) is 3.14. The summed E-state index contributed by atoms with van der Waals surface area (Å²) >= 11 is 14.2. The van der Waals surface area contributed by atoms with Gasteiger partial charge in [-0.05, 0) is 25.1 Å². The van der Waals surface area contributed by atoms with Crippen molar-refractivity contribution in [2.75, 3.05) is 5.75 Å². The van der Waals surface area contributed by atoms with Crippen molar-refractivity contribution in [2.24, 2.45) is 0 Å². The zero-order chi connectivity index (χ0) is 16.6. The summed E-state index contributed by atoms with van der Waals surface area (Å²) in [5.74, 6) is 0.0568. The van der Waals surface area contributed by atoms with E-state index in [4.69, 9.17) is 23.2 Å². The van der Waals surface area contributed by atoms with Crippen LogP contribution in [-0.4, -0.2) is 31.3 Å². The first-order valence-electron chi connectivity index (χ1n) is 6.30. The maximum atomic E-state index is 12.2. The highest BCUT2D eigenvalue weighted by atomic mass is 35.5. The molecule has 0 unspecified atom stereocenters. The minimum atomic E-state index is -0.311. The van der Waals surface area contributed by atoms with Gasteiger partial charge in [0.05, 0.1) is 15.8 Å². The third-order valence-corrected chi connectivity index (χ3v) is 5.67. The molecule has 0 aliphatic rings. The summed E-state index contributed by atoms with van der Waals surface area (Å²) in [6.07, 6.45) is 0. The Morgan fingerprint density at radius 1 is 1.30 bits per heavy atom. The van der Waals surface area contributed by atoms with Crippen LogP contribution in [0.25, 0.3) is 4.96 Å². The van der Waals surface area contributed by atoms with E-state index in [1.54, 1.807) is 19.1 Å². The molecule has 0 atom stereocenters. The molecule has 0 amide bonds. The summed E-state index contributed by atoms with van der Waals surface area (Å²) in [4.78, 5) is 24.4. The number of ketones is 1. The first kappa shape index (κ1) is 16.4. The number of thioether (sulfide) groups is 1. The zero-order valence-electron chi connectivity index (χ0n) is 11.6. The molecule has 6 nitrogen and oxygen atoms in total. The van der Waals surface area contributed by atoms with E-state index in [1.165, 1.54) is 33.7 Å². The lowest BCUT2D eigenvalue weighted by atomic mass is 10.1. The molecule has 0 aliphatic carbocycles. The summed E-state index contributed by atoms with van der Waals surface area (Å²) < 4.78 is 1.76. The molecule has 3 rings (SSSR count). The van der Waals surface area contributed by atoms with Gasteiger partial charge in [0.15, 0.2) is 10.1 Å². The molecule has 0 bridgehead atoms. The first-order valence-corrected chi connectivity index (χ1v) is 8.85. The normalized spacial score (nSPS) is 11.1. The number of carbonyl (C=O) groups excluding carboxylic acids is 1. The fraction of sp³-hybridized carbons (Fsp3) is 0.154. The van der Waals surface area contributed by atoms with Gasteiger partial charge in [0.2, 0.25) is 4.96 Å². The van der Waals surface area contributed by atoms with E-state index in [0.717, 1.165) is 0 Å². The van der Waals surface area contributed by atoms with Gasteiger partial charge in [-0.3, -0.25) is 9.59 Å². The van der Waals surface area contributed by atoms with Crippen molar-refractivity contribution in [3.63, 3.8) is 0 Å². The topological polar surface area (TPSA) is 77.2 Å². The van der Waals surface area contributed by atoms with Gasteiger partial charge in [-0.2, -0.15) is 4.52 Å². The van der Waals surface area contributed by atoms with Gasteiger partial charge in [-0.1, -0.05) is 46.3 Å². The molecule has 0 saturated carbocycles. The second kappa shape index (κ2) is 6.56. The van der Waals surface area contributed by atoms with Crippen LogP contribution in [0.3, 0.4) is 0 Å². The van der Waals surface area contributed by atoms with Gasteiger partial charge in [-0.25, -0.2) is 0 Å². The highest BCUT2D eigenvalue weighted by Crippen LogP contribution is 2.26. The number of aryl methyl sites for hydroxylation is 1. The Balaban J connectivity index is 1.77. The van der Waals surface area contributed by atoms with Crippen LogP contribution < -0.4 is 5.56 Å². The van der Waals surface area contributed by atoms with E-state index in [1.807, 2.05) is 0 Å². The SMILES string of the molecule is Cc1nnc2sc(SCC(=O)c3ccc(Cl)c(Cl)c3)nn2c1=O. The second-order valence-corrected chi connectivity index (χ2v) is 7.49. The Hall–Kier alpha value is -1.48. The summed E-state index contributed by atoms with van der Waals surface area (Å²) in [5.41, 5.74) is 0.436. The zero-order valence-corrected chi connectivity index (χ0v) is 14.8. The van der Waals surface area contributed by atoms with Crippen molar-refractivity contribution >= 4 is 57.0 Å². The van der Waals surface area contributed by atoms with Crippen LogP contribution in [0.5, 0.6) is 0 Å². The second-order valence-electron chi connectivity index (χ2n) is 4.49. The summed E-state index contributed by atoms with van der Waals surface area (Å²) in [5, 5.41) is 12.6. The van der Waals surface area contributed by atoms with E-state index in [0.29, 0.717) is 24.9 Å². The van der Waals surface area contributed by atoms with Crippen molar-refractivity contribution in [1.82, 2.24) is 19.8 Å². The minimum Gasteiger partial charge on any atom is -0.293 e. The lowest BCUT2D eigenvalue weighted by Crippen LogP contribution is -2.19. The monoisotopic (exact) mass is 386 g/mol. The molecule has 1 aromatic carbocycles. The third kappa shape index (κ3) is 3.40. The number of Topliss-reactive ketones (excluding diaryl/α,β-unsaturated/α-hetero) is 1. The molecule has 0 spiro atoms. The van der Waals surface area contributed by atoms with E-state index < -0.39 is 0 Å². The maximum Gasteiger partial charge on any atom is 0.296 e. The van der Waals surface area contributed by atoms with Gasteiger partial charge in [0, 0.05) is 5.56 Å². The van der Waals surface area contributed by atoms with Gasteiger partial charge in [0.25, 0.3) is 5.56 Å². The molecule has 0 N–H and O–H groups in total. The molecule has 10 heteroatoms. The number of nitrogens with zero attached hydrogens (tertiary/aromatic N) is 4. The Morgan fingerprint density at radius 3 is 2.83 bits per heavy atom. The van der Waals surface area contributed by atoms with Crippen LogP contribution in [-0.2, 0) is 0 Å². The first-order chi connectivity index (χ1) is 11.0. The number of rotatable bonds is 4. The molecule has 3 aromatic rings. The van der Waals surface area contributed by atoms with Crippen LogP contribution in [0.15, 0.2) is 27.3 Å². The molecular formula is C13H8Cl2N4O2S2. The molecule has 0 saturated heterocycles. The fourth-order valence-corrected chi connectivity index (χ4v) is 3.78. The Bertz CT molecular complexity index is 970. The maximum absolute atomic E-state index is 12.2. The summed E-state index contributed by atoms with van der Waals surface area (Å²) in [6, 6.07) is 4.73. The molecule has 0 radical (unpaired) electrons. The highest BCUT2D eigenvalue weighted by molar-refractivity contribution is 8.01. The minimum absolute atomic E-state index is 0.109. The summed E-state index contributed by atoms with van der Waals surface area (Å²) in [6.45, 7) is 1.57. The average molecular weight is 387 g/mol. The molecule has 118 valence electrons. The average Bonchev–Trinajstić information content (AvgIpc) is 2.95. The Kier molecular flexibility index (Phi) is 4.67. The van der Waals surface area contributed by atoms with Crippen molar-refractivity contribution in [3.05, 3.63) is 49.9 Å². The predicted molar refractivity (Wildman–Crippen MR) is 91.2 cm³/mol. The largest absolute Gasteiger partial charge is 0.296 e. The Labute approximate surface area is 148 Å². The third-order valence-electron chi connectivity index (χ3n) is 2.90. The quantitative estimate of drug-likeness (QED) is 0.506. The van der Waals surface area contributed by atoms with Crippen molar-refractivity contribution in [1.29, 1.82) is 0 Å². The van der Waals surface area contributed by atoms with Crippen molar-refractivity contribution in [2.45, 2.75) is 11.3 Å². The molecule has 23 heavy (non-hydrogen) atoms. The van der Waals surface area contributed by atoms with Gasteiger partial charge >= 0.3 is 0 Å². The molecular weight excluding hydrogens is 379 g/mol. The van der Waals surface area contributed by atoms with E-state index in [-0.39, 0.29) is 22.8 Å². The van der Waals surface area contributed by atoms with Crippen LogP contribution >= 0.6 is 46.3 Å². The standard InChI is InChI=1S/C13H8Cl2N4O2S2/c1-6-11(21)19-12(17-16-6)23-13(18-19)22-5-10(20)7-2-3-8(14)9(15)4-7/h2-4H,5H2,1H3. The number of hydrogen-bond acceptors (Lipinski definition) is 7. The number of benzene rings is 1. The van der Waals surface area contributed by atoms with Gasteiger partial charge < -0.3 is 0 Å². The van der Waals surface area contributed by atoms with Gasteiger partial charge in [0.1, 0.15) is 5.69 Å². The van der Waals surface area contributed by atoms with E-state index >= 15 is 0 Å². The van der Waals surface area contributed by atoms with Crippen LogP contribution in [0.4, 0.5) is 0 Å². The number of aromatic nitrogens is 4. The van der Waals surface area contributed by atoms with E-state index in [2.05, 4.69) is 15.3 Å². The van der Waals surface area contributed by atoms with Crippen LogP contribution in [0.2, 0.25) is 10.0 Å². The lowest BCUT2D eigenvalue weighted by molar-refractivity contribution is 0.102. The highest BCUT2D eigenvalue weighted by Gasteiger charge is 2.13. The van der Waals surface area contributed by atoms with Crippen molar-refractivity contribution < 1.29 is 4.79 Å². The molecule has 0 fully saturated rings. The number of halogens is 2. The van der Waals surface area contributed by atoms with Crippen molar-refractivity contribution in [3.8, 4) is 0 Å². The van der Waals surface area contributed by atoms with Crippen LogP contribution in [0.1, 0.15) is 16.1 Å².